The third-order valence-electron chi connectivity index (χ3n) is 16.0. The van der Waals surface area contributed by atoms with Gasteiger partial charge < -0.3 is 28.4 Å². The highest BCUT2D eigenvalue weighted by atomic mass is 16.5. The zero-order chi connectivity index (χ0) is 60.9. The van der Waals surface area contributed by atoms with Gasteiger partial charge in [0.1, 0.15) is 0 Å². The number of aromatic nitrogens is 6. The van der Waals surface area contributed by atoms with E-state index in [0.29, 0.717) is 79.3 Å². The Morgan fingerprint density at radius 3 is 0.744 bits per heavy atom. The lowest BCUT2D eigenvalue weighted by molar-refractivity contribution is 0.0202. The molecule has 13 aromatic rings. The summed E-state index contributed by atoms with van der Waals surface area (Å²) < 4.78 is 33.5. The predicted octanol–water partition coefficient (Wildman–Crippen LogP) is 16.5. The van der Waals surface area contributed by atoms with Crippen LogP contribution in [0.25, 0.3) is 133 Å². The highest BCUT2D eigenvalue weighted by molar-refractivity contribution is 6.06. The molecule has 0 aliphatic rings. The van der Waals surface area contributed by atoms with Crippen LogP contribution in [-0.2, 0) is 41.3 Å². The third-order valence-corrected chi connectivity index (χ3v) is 16.0. The summed E-state index contributed by atoms with van der Waals surface area (Å²) in [6.07, 6.45) is 5.08. The van der Waals surface area contributed by atoms with Gasteiger partial charge in [0.05, 0.1) is 147 Å². The second-order valence-electron chi connectivity index (χ2n) is 22.0. The van der Waals surface area contributed by atoms with E-state index in [9.17, 15) is 0 Å². The number of rotatable bonds is 28. The van der Waals surface area contributed by atoms with Crippen molar-refractivity contribution in [2.24, 2.45) is 0 Å². The topological polar surface area (TPSA) is 133 Å². The van der Waals surface area contributed by atoms with Crippen LogP contribution in [0.3, 0.4) is 0 Å². The predicted molar refractivity (Wildman–Crippen MR) is 364 cm³/mol. The van der Waals surface area contributed by atoms with Crippen molar-refractivity contribution < 1.29 is 28.4 Å². The van der Waals surface area contributed by atoms with E-state index in [1.807, 2.05) is 0 Å². The van der Waals surface area contributed by atoms with Crippen LogP contribution in [-0.4, -0.2) is 109 Å². The molecule has 0 aliphatic heterocycles. The number of pyridine rings is 6. The molecule has 0 unspecified atom stereocenters. The van der Waals surface area contributed by atoms with Gasteiger partial charge in [-0.05, 0) is 72.5 Å². The molecule has 12 nitrogen and oxygen atoms in total. The van der Waals surface area contributed by atoms with E-state index in [2.05, 4.69) is 219 Å². The summed E-state index contributed by atoms with van der Waals surface area (Å²) in [5.74, 6) is 0. The van der Waals surface area contributed by atoms with Crippen molar-refractivity contribution in [1.29, 1.82) is 0 Å². The summed E-state index contributed by atoms with van der Waals surface area (Å²) in [6.45, 7) is 14.0. The summed E-state index contributed by atoms with van der Waals surface area (Å²) in [7, 11) is 0. The zero-order valence-electron chi connectivity index (χ0n) is 50.2. The van der Waals surface area contributed by atoms with E-state index >= 15 is 0 Å². The van der Waals surface area contributed by atoms with E-state index in [4.69, 9.17) is 58.3 Å². The average Bonchev–Trinajstić information content (AvgIpc) is 0.976. The van der Waals surface area contributed by atoms with Crippen LogP contribution < -0.4 is 0 Å². The molecule has 0 saturated heterocycles. The molecule has 0 spiro atoms. The molecule has 446 valence electrons. The van der Waals surface area contributed by atoms with Crippen LogP contribution in [0, 0.1) is 0 Å². The Morgan fingerprint density at radius 2 is 0.478 bits per heavy atom. The van der Waals surface area contributed by atoms with Crippen LogP contribution in [0.1, 0.15) is 11.1 Å². The summed E-state index contributed by atoms with van der Waals surface area (Å²) in [4.78, 5) is 31.8. The van der Waals surface area contributed by atoms with Crippen LogP contribution >= 0.6 is 0 Å². The highest BCUT2D eigenvalue weighted by Crippen LogP contribution is 2.35. The number of nitrogens with zero attached hydrogens (tertiary/aromatic N) is 6. The van der Waals surface area contributed by atoms with E-state index in [-0.39, 0.29) is 0 Å². The van der Waals surface area contributed by atoms with Crippen LogP contribution in [0.4, 0.5) is 0 Å². The highest BCUT2D eigenvalue weighted by Gasteiger charge is 2.15. The monoisotopic (exact) mass is 1180 g/mol. The molecule has 0 saturated carbocycles. The van der Waals surface area contributed by atoms with Gasteiger partial charge in [-0.2, -0.15) is 0 Å². The van der Waals surface area contributed by atoms with Gasteiger partial charge in [-0.1, -0.05) is 170 Å². The summed E-state index contributed by atoms with van der Waals surface area (Å²) in [6, 6.07) is 72.1. The molecule has 90 heavy (non-hydrogen) atoms. The first kappa shape index (κ1) is 59.2. The summed E-state index contributed by atoms with van der Waals surface area (Å²) in [5, 5.41) is 6.15. The Hall–Kier alpha value is -9.76. The summed E-state index contributed by atoms with van der Waals surface area (Å²) in [5.41, 5.74) is 18.7. The normalized spacial score (nSPS) is 11.6. The minimum Gasteiger partial charge on any atom is -0.379 e. The van der Waals surface area contributed by atoms with Gasteiger partial charge in [0.15, 0.2) is 0 Å². The molecule has 6 aromatic heterocycles. The minimum atomic E-state index is 0.533. The maximum absolute atomic E-state index is 5.82. The first-order chi connectivity index (χ1) is 44.5. The average molecular weight is 1190 g/mol. The van der Waals surface area contributed by atoms with Crippen molar-refractivity contribution in [3.05, 3.63) is 243 Å². The maximum Gasteiger partial charge on any atom is 0.0972 e. The van der Waals surface area contributed by atoms with Gasteiger partial charge in [-0.15, -0.1) is 13.2 Å². The van der Waals surface area contributed by atoms with Gasteiger partial charge in [-0.25, -0.2) is 29.9 Å². The Morgan fingerprint density at radius 1 is 0.244 bits per heavy atom. The van der Waals surface area contributed by atoms with Crippen LogP contribution in [0.5, 0.6) is 0 Å². The molecule has 0 amide bonds. The molecule has 6 heterocycles. The van der Waals surface area contributed by atoms with Gasteiger partial charge in [-0.3, -0.25) is 0 Å². The van der Waals surface area contributed by atoms with Crippen molar-refractivity contribution in [1.82, 2.24) is 29.9 Å². The molecule has 0 radical (unpaired) electrons. The lowest BCUT2D eigenvalue weighted by atomic mass is 10.0. The molecule has 0 fully saturated rings. The fourth-order valence-corrected chi connectivity index (χ4v) is 11.2. The molecule has 0 bridgehead atoms. The fourth-order valence-electron chi connectivity index (χ4n) is 11.2. The number of fused-ring (bicyclic) bond motifs is 9. The molecule has 0 N–H and O–H groups in total. The Labute approximate surface area is 523 Å². The molecule has 0 atom stereocenters. The largest absolute Gasteiger partial charge is 0.379 e. The quantitative estimate of drug-likeness (QED) is 0.0263. The van der Waals surface area contributed by atoms with E-state index in [0.717, 1.165) is 146 Å². The lowest BCUT2D eigenvalue weighted by Gasteiger charge is -2.11. The van der Waals surface area contributed by atoms with E-state index in [1.165, 1.54) is 11.1 Å². The number of hydrogen-bond donors (Lipinski definition) is 0. The van der Waals surface area contributed by atoms with Crippen LogP contribution in [0.2, 0.25) is 0 Å². The molecular formula is C78H68N6O6. The maximum atomic E-state index is 5.82. The van der Waals surface area contributed by atoms with Crippen LogP contribution in [0.15, 0.2) is 232 Å². The zero-order valence-corrected chi connectivity index (χ0v) is 50.2. The Kier molecular flexibility index (Phi) is 18.8. The van der Waals surface area contributed by atoms with Crippen molar-refractivity contribution in [3.63, 3.8) is 0 Å². The molecule has 0 aliphatic carbocycles. The second-order valence-corrected chi connectivity index (χ2v) is 22.0. The fraction of sp³-hybridized carbons (Fsp3) is 0.179. The van der Waals surface area contributed by atoms with Crippen molar-refractivity contribution in [2.45, 2.75) is 12.8 Å². The summed E-state index contributed by atoms with van der Waals surface area (Å²) >= 11 is 0. The van der Waals surface area contributed by atoms with Gasteiger partial charge >= 0.3 is 0 Å². The van der Waals surface area contributed by atoms with Gasteiger partial charge in [0.2, 0.25) is 0 Å². The van der Waals surface area contributed by atoms with Crippen molar-refractivity contribution in [3.8, 4) is 67.5 Å². The number of benzene rings is 7. The minimum absolute atomic E-state index is 0.533. The van der Waals surface area contributed by atoms with Crippen molar-refractivity contribution >= 4 is 65.4 Å². The third kappa shape index (κ3) is 13.9. The first-order valence-electron chi connectivity index (χ1n) is 30.7. The van der Waals surface area contributed by atoms with Gasteiger partial charge in [0.25, 0.3) is 0 Å². The molecule has 12 heteroatoms. The Bertz CT molecular complexity index is 4390. The lowest BCUT2D eigenvalue weighted by Crippen LogP contribution is -2.10. The van der Waals surface area contributed by atoms with Gasteiger partial charge in [0, 0.05) is 65.7 Å². The first-order valence-corrected chi connectivity index (χ1v) is 30.7. The SMILES string of the molecule is C=CCOCCOCCOCCc1ccc(-c2ccc3ccc4ccc(-c5cccc(-c6ccc7ccc8ccc(-c9cccc(-c%10ccc%11ccc%12ccc(-c%13ccc(CCOCCOCCOCC=C)cc%13)nc%12c%11n%10)c9)nc8c7n6)c5)nc4c3n2)cc1. The van der Waals surface area contributed by atoms with E-state index in [1.54, 1.807) is 12.2 Å². The molecular weight excluding hydrogens is 1120 g/mol. The molecule has 7 aromatic carbocycles. The Balaban J connectivity index is 0.707. The van der Waals surface area contributed by atoms with E-state index < -0.39 is 0 Å². The molecule has 13 rings (SSSR count). The number of hydrogen-bond acceptors (Lipinski definition) is 12. The number of ether oxygens (including phenoxy) is 6. The second kappa shape index (κ2) is 28.6. The smallest absolute Gasteiger partial charge is 0.0972 e. The standard InChI is InChI=1S/C78H68N6O6/c1-3-39-85-43-47-89-49-45-87-41-37-53-11-15-55(16-12-53)67-31-25-57-19-21-59-27-33-69(81-75(59)73(57)79-67)63-7-5-9-65(51-63)71-35-29-61-23-24-62-30-36-72(84-78(62)77(61)83-71)66-10-6-8-64(52-66)70-34-28-60-22-20-58-26-32-68(80-74(58)76(60)82-70)56-17-13-54(14-18-56)38-42-88-46-50-90-48-44-86-40-4-2/h3-36,51-52H,1-2,37-50H2. The van der Waals surface area contributed by atoms with Crippen molar-refractivity contribution in [2.75, 3.05) is 79.3 Å².